The molecule has 0 bridgehead atoms. The zero-order valence-electron chi connectivity index (χ0n) is 18.5. The van der Waals surface area contributed by atoms with Crippen LogP contribution in [-0.2, 0) is 19.2 Å². The zero-order chi connectivity index (χ0) is 23.5. The summed E-state index contributed by atoms with van der Waals surface area (Å²) in [7, 11) is 0. The molecule has 0 radical (unpaired) electrons. The van der Waals surface area contributed by atoms with Crippen molar-refractivity contribution in [1.82, 2.24) is 0 Å². The van der Waals surface area contributed by atoms with Crippen LogP contribution in [0.2, 0.25) is 0 Å². The molecule has 2 saturated carbocycles. The molecule has 0 amide bonds. The highest BCUT2D eigenvalue weighted by Crippen LogP contribution is 2.57. The Morgan fingerprint density at radius 2 is 1.23 bits per heavy atom. The lowest BCUT2D eigenvalue weighted by atomic mass is 9.48. The molecule has 0 aromatic rings. The molecule has 8 nitrogen and oxygen atoms in total. The van der Waals surface area contributed by atoms with Crippen molar-refractivity contribution in [2.75, 3.05) is 0 Å². The highest BCUT2D eigenvalue weighted by atomic mass is 16.4. The Kier molecular flexibility index (Phi) is 7.74. The molecule has 0 aliphatic heterocycles. The topological polar surface area (TPSA) is 139 Å². The van der Waals surface area contributed by atoms with Crippen LogP contribution in [0, 0.1) is 40.9 Å². The van der Waals surface area contributed by atoms with E-state index in [2.05, 4.69) is 16.6 Å². The molecule has 31 heavy (non-hydrogen) atoms. The van der Waals surface area contributed by atoms with Crippen molar-refractivity contribution in [2.45, 2.75) is 65.5 Å². The fourth-order valence-electron chi connectivity index (χ4n) is 6.17. The third-order valence-corrected chi connectivity index (χ3v) is 8.13. The Labute approximate surface area is 182 Å². The van der Waals surface area contributed by atoms with Crippen molar-refractivity contribution in [3.63, 3.8) is 0 Å². The average molecular weight is 431 g/mol. The Bertz CT molecular complexity index is 780. The molecule has 0 aromatic heterocycles. The maximum Gasteiger partial charge on any atom is 0.235 e. The van der Waals surface area contributed by atoms with Gasteiger partial charge in [0.05, 0.1) is 24.0 Å². The monoisotopic (exact) mass is 430 g/mol. The van der Waals surface area contributed by atoms with Gasteiger partial charge in [0.25, 0.3) is 0 Å². The molecule has 170 valence electrons. The summed E-state index contributed by atoms with van der Waals surface area (Å²) in [6, 6.07) is -0.941. The number of aliphatic carboxylic acids is 2. The summed E-state index contributed by atoms with van der Waals surface area (Å²) < 4.78 is 0. The van der Waals surface area contributed by atoms with E-state index >= 15 is 0 Å². The Morgan fingerprint density at radius 3 is 1.52 bits per heavy atom. The number of carboxylic acids is 2. The molecule has 2 rings (SSSR count). The van der Waals surface area contributed by atoms with E-state index in [-0.39, 0.29) is 36.5 Å². The molecule has 0 spiro atoms. The summed E-state index contributed by atoms with van der Waals surface area (Å²) in [4.78, 5) is 54.5. The minimum Gasteiger partial charge on any atom is -0.549 e. The van der Waals surface area contributed by atoms with Crippen LogP contribution in [-0.4, -0.2) is 36.2 Å². The summed E-state index contributed by atoms with van der Waals surface area (Å²) in [6.45, 7) is 11.3. The van der Waals surface area contributed by atoms with Crippen LogP contribution in [0.1, 0.15) is 53.4 Å². The fourth-order valence-corrected chi connectivity index (χ4v) is 6.17. The van der Waals surface area contributed by atoms with Crippen molar-refractivity contribution >= 4 is 24.1 Å². The third kappa shape index (κ3) is 4.41. The van der Waals surface area contributed by atoms with Crippen LogP contribution in [0.25, 0.3) is 0 Å². The molecule has 0 aromatic carbocycles. The molecular formula is C23H30N2O6-2. The number of rotatable bonds is 7. The summed E-state index contributed by atoms with van der Waals surface area (Å²) in [5, 5.41) is 25.0. The van der Waals surface area contributed by atoms with Gasteiger partial charge in [-0.25, -0.2) is 19.6 Å². The molecule has 0 N–H and O–H groups in total. The average Bonchev–Trinajstić information content (AvgIpc) is 2.69. The number of isocyanates is 2. The number of hydrogen-bond donors (Lipinski definition) is 0. The Morgan fingerprint density at radius 1 is 0.839 bits per heavy atom. The first-order chi connectivity index (χ1) is 14.5. The van der Waals surface area contributed by atoms with Gasteiger partial charge in [-0.3, -0.25) is 0 Å². The van der Waals surface area contributed by atoms with Gasteiger partial charge in [0.2, 0.25) is 12.2 Å². The van der Waals surface area contributed by atoms with Crippen LogP contribution in [0.15, 0.2) is 22.1 Å². The number of nitrogens with zero attached hydrogens (tertiary/aromatic N) is 2. The van der Waals surface area contributed by atoms with E-state index in [1.165, 1.54) is 0 Å². The van der Waals surface area contributed by atoms with Crippen LogP contribution < -0.4 is 10.2 Å². The quantitative estimate of drug-likeness (QED) is 0.332. The van der Waals surface area contributed by atoms with E-state index < -0.39 is 46.8 Å². The molecule has 2 fully saturated rings. The van der Waals surface area contributed by atoms with Crippen molar-refractivity contribution < 1.29 is 29.4 Å². The number of carbonyl (C=O) groups excluding carboxylic acids is 4. The maximum absolute atomic E-state index is 12.9. The summed E-state index contributed by atoms with van der Waals surface area (Å²) in [5.41, 5.74) is -2.49. The van der Waals surface area contributed by atoms with Gasteiger partial charge in [-0.1, -0.05) is 34.3 Å². The van der Waals surface area contributed by atoms with Gasteiger partial charge in [-0.2, -0.15) is 0 Å². The van der Waals surface area contributed by atoms with E-state index in [9.17, 15) is 29.4 Å². The first kappa shape index (κ1) is 24.7. The normalized spacial score (nSPS) is 37.4. The molecule has 2 aliphatic carbocycles. The van der Waals surface area contributed by atoms with Crippen molar-refractivity contribution in [3.05, 3.63) is 12.2 Å². The van der Waals surface area contributed by atoms with E-state index in [1.807, 2.05) is 27.7 Å². The molecule has 8 heteroatoms. The van der Waals surface area contributed by atoms with Gasteiger partial charge in [0.15, 0.2) is 0 Å². The van der Waals surface area contributed by atoms with Crippen LogP contribution in [0.5, 0.6) is 0 Å². The largest absolute Gasteiger partial charge is 0.549 e. The predicted molar refractivity (Wildman–Crippen MR) is 108 cm³/mol. The Hall–Kier alpha value is -2.56. The van der Waals surface area contributed by atoms with E-state index in [0.29, 0.717) is 12.8 Å². The van der Waals surface area contributed by atoms with Crippen LogP contribution in [0.4, 0.5) is 0 Å². The van der Waals surface area contributed by atoms with Gasteiger partial charge >= 0.3 is 0 Å². The first-order valence-electron chi connectivity index (χ1n) is 10.8. The van der Waals surface area contributed by atoms with Gasteiger partial charge in [-0.15, -0.1) is 0 Å². The van der Waals surface area contributed by atoms with Crippen LogP contribution >= 0.6 is 0 Å². The van der Waals surface area contributed by atoms with Crippen molar-refractivity contribution in [3.8, 4) is 0 Å². The van der Waals surface area contributed by atoms with E-state index in [0.717, 1.165) is 0 Å². The lowest BCUT2D eigenvalue weighted by Gasteiger charge is -2.57. The molecule has 8 unspecified atom stereocenters. The minimum absolute atomic E-state index is 0.0192. The molecule has 8 atom stereocenters. The van der Waals surface area contributed by atoms with Crippen molar-refractivity contribution in [1.29, 1.82) is 0 Å². The predicted octanol–water partition coefficient (Wildman–Crippen LogP) is 0.802. The molecule has 0 heterocycles. The summed E-state index contributed by atoms with van der Waals surface area (Å²) in [6.07, 6.45) is 4.63. The second kappa shape index (κ2) is 9.71. The number of carbonyl (C=O) groups is 2. The fraction of sp³-hybridized carbons (Fsp3) is 0.739. The SMILES string of the molecule is C=C(C(=O)[O-])C(C(=O)[O-])(C1CC(N=C=O)CC(C)C1C)C1CC(N=C=O)CC(C)C1C. The second-order valence-electron chi connectivity index (χ2n) is 9.50. The van der Waals surface area contributed by atoms with Crippen molar-refractivity contribution in [2.24, 2.45) is 50.9 Å². The van der Waals surface area contributed by atoms with E-state index in [4.69, 9.17) is 0 Å². The highest BCUT2D eigenvalue weighted by molar-refractivity contribution is 5.95. The molecule has 2 aliphatic rings. The standard InChI is InChI=1S/C23H32N2O6/c1-12-6-17(24-10-26)8-19(14(12)3)23(22(30)31,16(5)21(28)29)20-9-18(25-11-27)7-13(2)15(20)4/h12-15,17-20H,5-9H2,1-4H3,(H,28,29)(H,30,31)/p-2. The number of hydrogen-bond acceptors (Lipinski definition) is 8. The highest BCUT2D eigenvalue weighted by Gasteiger charge is 2.56. The van der Waals surface area contributed by atoms with Crippen LogP contribution in [0.3, 0.4) is 0 Å². The zero-order valence-corrected chi connectivity index (χ0v) is 18.5. The number of aliphatic imine (C=N–C) groups is 2. The summed E-state index contributed by atoms with van der Waals surface area (Å²) >= 11 is 0. The van der Waals surface area contributed by atoms with Gasteiger partial charge in [0.1, 0.15) is 0 Å². The van der Waals surface area contributed by atoms with Gasteiger partial charge < -0.3 is 19.8 Å². The number of carboxylic acid groups (broad SMARTS) is 2. The first-order valence-corrected chi connectivity index (χ1v) is 10.8. The summed E-state index contributed by atoms with van der Waals surface area (Å²) in [5.74, 6) is -5.02. The van der Waals surface area contributed by atoms with Gasteiger partial charge in [-0.05, 0) is 66.8 Å². The second-order valence-corrected chi connectivity index (χ2v) is 9.50. The lowest BCUT2D eigenvalue weighted by Crippen LogP contribution is -2.62. The van der Waals surface area contributed by atoms with Gasteiger partial charge in [0, 0.05) is 5.41 Å². The maximum atomic E-state index is 12.9. The molecule has 0 saturated heterocycles. The van der Waals surface area contributed by atoms with E-state index in [1.54, 1.807) is 12.2 Å². The molecular weight excluding hydrogens is 400 g/mol. The minimum atomic E-state index is -1.95. The Balaban J connectivity index is 2.74. The smallest absolute Gasteiger partial charge is 0.235 e. The lowest BCUT2D eigenvalue weighted by molar-refractivity contribution is -0.331. The third-order valence-electron chi connectivity index (χ3n) is 8.13.